The summed E-state index contributed by atoms with van der Waals surface area (Å²) < 4.78 is 35.1. The number of rotatable bonds is 13. The first kappa shape index (κ1) is 31.0. The smallest absolute Gasteiger partial charge is 0.411 e. The molecule has 40 heavy (non-hydrogen) atoms. The molecule has 9 nitrogen and oxygen atoms in total. The first-order chi connectivity index (χ1) is 19.2. The van der Waals surface area contributed by atoms with Crippen LogP contribution < -0.4 is 5.30 Å². The van der Waals surface area contributed by atoms with Crippen molar-refractivity contribution in [3.63, 3.8) is 0 Å². The molecule has 0 bridgehead atoms. The Morgan fingerprint density at radius 2 is 1.45 bits per heavy atom. The van der Waals surface area contributed by atoms with E-state index in [1.807, 2.05) is 36.4 Å². The Labute approximate surface area is 235 Å². The minimum atomic E-state index is -3.60. The molecule has 1 amide bonds. The van der Waals surface area contributed by atoms with Crippen LogP contribution in [0.2, 0.25) is 0 Å². The number of ether oxygens (including phenoxy) is 2. The van der Waals surface area contributed by atoms with E-state index in [1.54, 1.807) is 50.2 Å². The van der Waals surface area contributed by atoms with Gasteiger partial charge in [0.2, 0.25) is 0 Å². The van der Waals surface area contributed by atoms with Gasteiger partial charge in [-0.15, -0.1) is 0 Å². The lowest BCUT2D eigenvalue weighted by Crippen LogP contribution is -2.55. The molecular weight excluding hydrogens is 533 g/mol. The summed E-state index contributed by atoms with van der Waals surface area (Å²) in [5.74, 6) is -0.760. The van der Waals surface area contributed by atoms with Gasteiger partial charge in [0, 0.05) is 0 Å². The zero-order valence-corrected chi connectivity index (χ0v) is 24.1. The van der Waals surface area contributed by atoms with Crippen LogP contribution in [0.25, 0.3) is 0 Å². The molecular formula is C30H36NO8P. The summed E-state index contributed by atoms with van der Waals surface area (Å²) in [6.07, 6.45) is -0.835. The van der Waals surface area contributed by atoms with E-state index in [4.69, 9.17) is 18.5 Å². The number of hydrogen-bond donors (Lipinski definition) is 1. The van der Waals surface area contributed by atoms with Gasteiger partial charge >= 0.3 is 19.7 Å². The second-order valence-corrected chi connectivity index (χ2v) is 11.0. The molecule has 3 rings (SSSR count). The summed E-state index contributed by atoms with van der Waals surface area (Å²) in [4.78, 5) is 28.6. The van der Waals surface area contributed by atoms with Gasteiger partial charge in [0.25, 0.3) is 0 Å². The number of aliphatic hydroxyl groups is 1. The summed E-state index contributed by atoms with van der Waals surface area (Å²) in [7, 11) is -2.38. The number of benzene rings is 3. The highest BCUT2D eigenvalue weighted by Gasteiger charge is 2.49. The third-order valence-electron chi connectivity index (χ3n) is 6.48. The number of carbonyl (C=O) groups excluding carboxylic acids is 2. The van der Waals surface area contributed by atoms with Crippen LogP contribution in [-0.4, -0.2) is 49.0 Å². The van der Waals surface area contributed by atoms with E-state index < -0.39 is 37.8 Å². The van der Waals surface area contributed by atoms with Gasteiger partial charge in [-0.2, -0.15) is 0 Å². The number of carbonyl (C=O) groups is 2. The van der Waals surface area contributed by atoms with Crippen LogP contribution in [0.5, 0.6) is 0 Å². The van der Waals surface area contributed by atoms with E-state index in [1.165, 1.54) is 31.1 Å². The van der Waals surface area contributed by atoms with Gasteiger partial charge in [-0.1, -0.05) is 72.8 Å². The quantitative estimate of drug-likeness (QED) is 0.217. The molecule has 10 heteroatoms. The highest BCUT2D eigenvalue weighted by Crippen LogP contribution is 2.47. The van der Waals surface area contributed by atoms with Crippen LogP contribution in [0, 0.1) is 0 Å². The first-order valence-electron chi connectivity index (χ1n) is 13.0. The Balaban J connectivity index is 2.13. The molecule has 0 heterocycles. The molecule has 0 fully saturated rings. The Hall–Kier alpha value is -3.49. The minimum Gasteiger partial charge on any atom is -0.467 e. The van der Waals surface area contributed by atoms with Crippen LogP contribution in [0.4, 0.5) is 4.79 Å². The van der Waals surface area contributed by atoms with Gasteiger partial charge in [0.05, 0.1) is 38.3 Å². The van der Waals surface area contributed by atoms with E-state index in [-0.39, 0.29) is 19.8 Å². The molecule has 3 aromatic rings. The molecule has 3 aromatic carbocycles. The predicted molar refractivity (Wildman–Crippen MR) is 151 cm³/mol. The second-order valence-electron chi connectivity index (χ2n) is 8.96. The van der Waals surface area contributed by atoms with Crippen molar-refractivity contribution in [3.05, 3.63) is 102 Å². The third-order valence-corrected chi connectivity index (χ3v) is 8.61. The minimum absolute atomic E-state index is 0.0504. The molecule has 0 aliphatic carbocycles. The average molecular weight is 570 g/mol. The average Bonchev–Trinajstić information content (AvgIpc) is 2.99. The third kappa shape index (κ3) is 6.80. The molecule has 1 N–H and O–H groups in total. The molecule has 0 aliphatic rings. The lowest BCUT2D eigenvalue weighted by molar-refractivity contribution is -0.156. The van der Waals surface area contributed by atoms with Crippen LogP contribution in [0.1, 0.15) is 43.5 Å². The summed E-state index contributed by atoms with van der Waals surface area (Å²) in [6, 6.07) is 23.2. The first-order valence-corrected chi connectivity index (χ1v) is 14.5. The summed E-state index contributed by atoms with van der Waals surface area (Å²) in [5, 5.41) is 10.8. The van der Waals surface area contributed by atoms with Crippen LogP contribution in [-0.2, 0) is 40.0 Å². The van der Waals surface area contributed by atoms with E-state index in [0.29, 0.717) is 16.4 Å². The lowest BCUT2D eigenvalue weighted by Gasteiger charge is -2.42. The van der Waals surface area contributed by atoms with Crippen molar-refractivity contribution >= 4 is 25.0 Å². The van der Waals surface area contributed by atoms with Crippen molar-refractivity contribution in [2.45, 2.75) is 39.0 Å². The van der Waals surface area contributed by atoms with Gasteiger partial charge in [0.15, 0.2) is 5.54 Å². The van der Waals surface area contributed by atoms with E-state index in [0.717, 1.165) is 5.56 Å². The van der Waals surface area contributed by atoms with E-state index in [2.05, 4.69) is 0 Å². The highest BCUT2D eigenvalue weighted by atomic mass is 31.2. The number of esters is 1. The molecule has 0 radical (unpaired) electrons. The predicted octanol–water partition coefficient (Wildman–Crippen LogP) is 5.34. The summed E-state index contributed by atoms with van der Waals surface area (Å²) in [6.45, 7) is 4.75. The molecule has 0 aromatic heterocycles. The van der Waals surface area contributed by atoms with Gasteiger partial charge < -0.3 is 23.6 Å². The van der Waals surface area contributed by atoms with Crippen molar-refractivity contribution in [2.75, 3.05) is 26.9 Å². The standard InChI is InChI=1S/C30H36NO8P/c1-5-38-40(35,39-6-2)26-19-17-25(18-20-26)30(3,28(33)36-4)31(27(21-32)24-15-11-8-12-16-24)29(34)37-22-23-13-9-7-10-14-23/h7-20,27,32H,5-6,21-22H2,1-4H3/t27-,30-/m0/s1. The van der Waals surface area contributed by atoms with Crippen molar-refractivity contribution in [3.8, 4) is 0 Å². The van der Waals surface area contributed by atoms with Crippen molar-refractivity contribution in [2.24, 2.45) is 0 Å². The fourth-order valence-corrected chi connectivity index (χ4v) is 6.04. The van der Waals surface area contributed by atoms with Crippen molar-refractivity contribution in [1.82, 2.24) is 4.90 Å². The second kappa shape index (κ2) is 14.2. The topological polar surface area (TPSA) is 112 Å². The lowest BCUT2D eigenvalue weighted by atomic mass is 9.87. The van der Waals surface area contributed by atoms with Gasteiger partial charge in [-0.3, -0.25) is 9.46 Å². The number of hydrogen-bond acceptors (Lipinski definition) is 8. The number of aliphatic hydroxyl groups excluding tert-OH is 1. The zero-order valence-electron chi connectivity index (χ0n) is 23.2. The maximum atomic E-state index is 13.8. The van der Waals surface area contributed by atoms with Gasteiger partial charge in [-0.05, 0) is 49.6 Å². The van der Waals surface area contributed by atoms with Crippen molar-refractivity contribution in [1.29, 1.82) is 0 Å². The van der Waals surface area contributed by atoms with Gasteiger partial charge in [0.1, 0.15) is 6.61 Å². The Bertz CT molecular complexity index is 1280. The molecule has 0 saturated carbocycles. The summed E-state index contributed by atoms with van der Waals surface area (Å²) in [5.41, 5.74) is -0.0760. The maximum Gasteiger partial charge on any atom is 0.411 e. The maximum absolute atomic E-state index is 13.8. The van der Waals surface area contributed by atoms with Crippen LogP contribution in [0.15, 0.2) is 84.9 Å². The molecule has 0 aliphatic heterocycles. The van der Waals surface area contributed by atoms with Gasteiger partial charge in [-0.25, -0.2) is 9.59 Å². The fraction of sp³-hybridized carbons (Fsp3) is 0.333. The monoisotopic (exact) mass is 569 g/mol. The molecule has 214 valence electrons. The van der Waals surface area contributed by atoms with Crippen LogP contribution in [0.3, 0.4) is 0 Å². The van der Waals surface area contributed by atoms with Crippen LogP contribution >= 0.6 is 7.60 Å². The molecule has 2 atom stereocenters. The molecule has 0 saturated heterocycles. The van der Waals surface area contributed by atoms with E-state index >= 15 is 0 Å². The largest absolute Gasteiger partial charge is 0.467 e. The number of methoxy groups -OCH3 is 1. The highest BCUT2D eigenvalue weighted by molar-refractivity contribution is 7.62. The SMILES string of the molecule is CCOP(=O)(OCC)c1ccc([C@@](C)(C(=O)OC)N(C(=O)OCc2ccccc2)[C@@H](CO)c2ccccc2)cc1. The number of amides is 1. The fourth-order valence-electron chi connectivity index (χ4n) is 4.47. The Morgan fingerprint density at radius 1 is 0.900 bits per heavy atom. The Kier molecular flexibility index (Phi) is 11.0. The molecule has 0 spiro atoms. The number of nitrogens with zero attached hydrogens (tertiary/aromatic N) is 1. The Morgan fingerprint density at radius 3 is 1.95 bits per heavy atom. The molecule has 0 unspecified atom stereocenters. The zero-order chi connectivity index (χ0) is 29.2. The van der Waals surface area contributed by atoms with E-state index in [9.17, 15) is 19.3 Å². The summed E-state index contributed by atoms with van der Waals surface area (Å²) >= 11 is 0. The van der Waals surface area contributed by atoms with Crippen molar-refractivity contribution < 1.29 is 37.8 Å². The normalized spacial score (nSPS) is 13.6.